The molecule has 0 saturated carbocycles. The SMILES string of the molecule is Cc1ccc(C(c2nnnn2CCc2ccccc2)N2CCN(c3ccc(F)cc3)CC2)cc1. The summed E-state index contributed by atoms with van der Waals surface area (Å²) in [5, 5.41) is 12.9. The number of halogens is 1. The van der Waals surface area contributed by atoms with Crippen LogP contribution in [0.15, 0.2) is 78.9 Å². The quantitative estimate of drug-likeness (QED) is 0.416. The van der Waals surface area contributed by atoms with E-state index in [4.69, 9.17) is 0 Å². The molecule has 2 heterocycles. The standard InChI is InChI=1S/C27H29FN6/c1-21-7-9-23(10-8-21)26(27-29-30-31-34(27)16-15-22-5-3-2-4-6-22)33-19-17-32(18-20-33)25-13-11-24(28)12-14-25/h2-14,26H,15-20H2,1H3. The first-order chi connectivity index (χ1) is 16.7. The molecule has 7 heteroatoms. The molecule has 0 N–H and O–H groups in total. The molecule has 1 aliphatic rings. The van der Waals surface area contributed by atoms with Crippen LogP contribution in [0.4, 0.5) is 10.1 Å². The van der Waals surface area contributed by atoms with Crippen molar-refractivity contribution < 1.29 is 4.39 Å². The second-order valence-electron chi connectivity index (χ2n) is 8.81. The summed E-state index contributed by atoms with van der Waals surface area (Å²) in [6, 6.07) is 25.8. The van der Waals surface area contributed by atoms with Crippen LogP contribution in [0.5, 0.6) is 0 Å². The van der Waals surface area contributed by atoms with Crippen molar-refractivity contribution in [2.45, 2.75) is 25.9 Å². The highest BCUT2D eigenvalue weighted by molar-refractivity contribution is 5.46. The summed E-state index contributed by atoms with van der Waals surface area (Å²) in [4.78, 5) is 4.76. The third-order valence-corrected chi connectivity index (χ3v) is 6.52. The molecule has 174 valence electrons. The Morgan fingerprint density at radius 1 is 0.853 bits per heavy atom. The van der Waals surface area contributed by atoms with Gasteiger partial charge < -0.3 is 4.90 Å². The third kappa shape index (κ3) is 4.99. The van der Waals surface area contributed by atoms with Crippen molar-refractivity contribution >= 4 is 5.69 Å². The van der Waals surface area contributed by atoms with Crippen LogP contribution < -0.4 is 4.90 Å². The summed E-state index contributed by atoms with van der Waals surface area (Å²) in [6.45, 7) is 6.27. The number of tetrazole rings is 1. The summed E-state index contributed by atoms with van der Waals surface area (Å²) >= 11 is 0. The van der Waals surface area contributed by atoms with Gasteiger partial charge in [-0.1, -0.05) is 60.2 Å². The van der Waals surface area contributed by atoms with E-state index in [0.717, 1.165) is 50.7 Å². The molecular formula is C27H29FN6. The molecule has 0 spiro atoms. The maximum atomic E-state index is 13.4. The fraction of sp³-hybridized carbons (Fsp3) is 0.296. The highest BCUT2D eigenvalue weighted by atomic mass is 19.1. The molecular weight excluding hydrogens is 427 g/mol. The minimum Gasteiger partial charge on any atom is -0.369 e. The van der Waals surface area contributed by atoms with Crippen LogP contribution in [0.1, 0.15) is 28.6 Å². The molecule has 1 fully saturated rings. The van der Waals surface area contributed by atoms with Gasteiger partial charge in [-0.3, -0.25) is 4.90 Å². The van der Waals surface area contributed by atoms with Crippen LogP contribution >= 0.6 is 0 Å². The lowest BCUT2D eigenvalue weighted by Gasteiger charge is -2.40. The van der Waals surface area contributed by atoms with Gasteiger partial charge in [0.15, 0.2) is 5.82 Å². The molecule has 0 bridgehead atoms. The molecule has 1 aromatic heterocycles. The third-order valence-electron chi connectivity index (χ3n) is 6.52. The van der Waals surface area contributed by atoms with Crippen molar-refractivity contribution in [1.29, 1.82) is 0 Å². The zero-order valence-corrected chi connectivity index (χ0v) is 19.4. The zero-order chi connectivity index (χ0) is 23.3. The number of aryl methyl sites for hydroxylation is 3. The van der Waals surface area contributed by atoms with Crippen molar-refractivity contribution in [3.05, 3.63) is 107 Å². The minimum atomic E-state index is -0.204. The molecule has 0 radical (unpaired) electrons. The van der Waals surface area contributed by atoms with Gasteiger partial charge in [-0.05, 0) is 59.2 Å². The second kappa shape index (κ2) is 10.1. The monoisotopic (exact) mass is 456 g/mol. The Kier molecular flexibility index (Phi) is 6.62. The van der Waals surface area contributed by atoms with E-state index in [1.807, 2.05) is 22.9 Å². The van der Waals surface area contributed by atoms with E-state index < -0.39 is 0 Å². The average Bonchev–Trinajstić information content (AvgIpc) is 3.34. The van der Waals surface area contributed by atoms with Crippen molar-refractivity contribution in [3.8, 4) is 0 Å². The predicted octanol–water partition coefficient (Wildman–Crippen LogP) is 4.27. The molecule has 6 nitrogen and oxygen atoms in total. The maximum absolute atomic E-state index is 13.4. The van der Waals surface area contributed by atoms with Gasteiger partial charge in [0.05, 0.1) is 6.04 Å². The Bertz CT molecular complexity index is 1180. The molecule has 3 aromatic carbocycles. The number of hydrogen-bond donors (Lipinski definition) is 0. The van der Waals surface area contributed by atoms with Crippen LogP contribution in [0, 0.1) is 12.7 Å². The first-order valence-corrected chi connectivity index (χ1v) is 11.8. The summed E-state index contributed by atoms with van der Waals surface area (Å²) < 4.78 is 15.3. The first kappa shape index (κ1) is 22.2. The van der Waals surface area contributed by atoms with E-state index >= 15 is 0 Å². The molecule has 34 heavy (non-hydrogen) atoms. The molecule has 0 aliphatic carbocycles. The molecule has 1 atom stereocenters. The number of hydrogen-bond acceptors (Lipinski definition) is 5. The molecule has 1 unspecified atom stereocenters. The van der Waals surface area contributed by atoms with E-state index in [1.54, 1.807) is 0 Å². The van der Waals surface area contributed by atoms with Crippen LogP contribution in [0.2, 0.25) is 0 Å². The number of piperazine rings is 1. The zero-order valence-electron chi connectivity index (χ0n) is 19.4. The maximum Gasteiger partial charge on any atom is 0.173 e. The Balaban J connectivity index is 1.37. The molecule has 1 aliphatic heterocycles. The van der Waals surface area contributed by atoms with Crippen molar-refractivity contribution in [2.24, 2.45) is 0 Å². The highest BCUT2D eigenvalue weighted by Crippen LogP contribution is 2.29. The van der Waals surface area contributed by atoms with Gasteiger partial charge in [0.1, 0.15) is 5.82 Å². The summed E-state index contributed by atoms with van der Waals surface area (Å²) in [7, 11) is 0. The van der Waals surface area contributed by atoms with Gasteiger partial charge in [0, 0.05) is 38.4 Å². The van der Waals surface area contributed by atoms with Gasteiger partial charge >= 0.3 is 0 Å². The summed E-state index contributed by atoms with van der Waals surface area (Å²) in [6.07, 6.45) is 0.873. The fourth-order valence-electron chi connectivity index (χ4n) is 4.61. The van der Waals surface area contributed by atoms with Crippen molar-refractivity contribution in [2.75, 3.05) is 31.1 Å². The van der Waals surface area contributed by atoms with E-state index in [1.165, 1.54) is 28.8 Å². The number of nitrogens with zero attached hydrogens (tertiary/aromatic N) is 6. The van der Waals surface area contributed by atoms with Crippen molar-refractivity contribution in [1.82, 2.24) is 25.1 Å². The molecule has 4 aromatic rings. The van der Waals surface area contributed by atoms with E-state index in [-0.39, 0.29) is 11.9 Å². The number of anilines is 1. The Morgan fingerprint density at radius 3 is 2.26 bits per heavy atom. The lowest BCUT2D eigenvalue weighted by Crippen LogP contribution is -2.48. The van der Waals surface area contributed by atoms with E-state index in [2.05, 4.69) is 80.8 Å². The summed E-state index contributed by atoms with van der Waals surface area (Å²) in [5.74, 6) is 0.666. The Labute approximate surface area is 199 Å². The van der Waals surface area contributed by atoms with Gasteiger partial charge in [0.2, 0.25) is 0 Å². The predicted molar refractivity (Wildman–Crippen MR) is 131 cm³/mol. The van der Waals surface area contributed by atoms with Crippen LogP contribution in [-0.4, -0.2) is 51.3 Å². The molecule has 5 rings (SSSR count). The normalized spacial score (nSPS) is 15.4. The van der Waals surface area contributed by atoms with E-state index in [9.17, 15) is 4.39 Å². The highest BCUT2D eigenvalue weighted by Gasteiger charge is 2.30. The Morgan fingerprint density at radius 2 is 1.56 bits per heavy atom. The minimum absolute atomic E-state index is 0.0262. The molecule has 1 saturated heterocycles. The van der Waals surface area contributed by atoms with Gasteiger partial charge in [0.25, 0.3) is 0 Å². The van der Waals surface area contributed by atoms with E-state index in [0.29, 0.717) is 0 Å². The average molecular weight is 457 g/mol. The lowest BCUT2D eigenvalue weighted by molar-refractivity contribution is 0.200. The first-order valence-electron chi connectivity index (χ1n) is 11.8. The second-order valence-corrected chi connectivity index (χ2v) is 8.81. The van der Waals surface area contributed by atoms with Crippen LogP contribution in [0.25, 0.3) is 0 Å². The number of benzene rings is 3. The van der Waals surface area contributed by atoms with Crippen molar-refractivity contribution in [3.63, 3.8) is 0 Å². The van der Waals surface area contributed by atoms with Crippen LogP contribution in [0.3, 0.4) is 0 Å². The van der Waals surface area contributed by atoms with Gasteiger partial charge in [-0.15, -0.1) is 5.10 Å². The van der Waals surface area contributed by atoms with Crippen LogP contribution in [-0.2, 0) is 13.0 Å². The molecule has 0 amide bonds. The Hall–Kier alpha value is -3.58. The van der Waals surface area contributed by atoms with Gasteiger partial charge in [-0.2, -0.15) is 0 Å². The number of aromatic nitrogens is 4. The van der Waals surface area contributed by atoms with Gasteiger partial charge in [-0.25, -0.2) is 9.07 Å². The topological polar surface area (TPSA) is 50.1 Å². The smallest absolute Gasteiger partial charge is 0.173 e. The number of rotatable bonds is 7. The largest absolute Gasteiger partial charge is 0.369 e. The summed E-state index contributed by atoms with van der Waals surface area (Å²) in [5.41, 5.74) is 4.74. The fourth-order valence-corrected chi connectivity index (χ4v) is 4.61. The lowest BCUT2D eigenvalue weighted by atomic mass is 10.0.